The lowest BCUT2D eigenvalue weighted by Crippen LogP contribution is -2.12. The number of anilines is 1. The highest BCUT2D eigenvalue weighted by atomic mass is 15.0. The Morgan fingerprint density at radius 2 is 2.43 bits per heavy atom. The van der Waals surface area contributed by atoms with Crippen molar-refractivity contribution in [3.05, 3.63) is 23.9 Å². The Kier molecular flexibility index (Phi) is 2.12. The van der Waals surface area contributed by atoms with Gasteiger partial charge in [0.25, 0.3) is 0 Å². The van der Waals surface area contributed by atoms with Crippen LogP contribution >= 0.6 is 0 Å². The summed E-state index contributed by atoms with van der Waals surface area (Å²) >= 11 is 0. The van der Waals surface area contributed by atoms with Crippen LogP contribution in [0.2, 0.25) is 0 Å². The fourth-order valence-corrected chi connectivity index (χ4v) is 1.29. The molecule has 14 heavy (non-hydrogen) atoms. The molecular weight excluding hydrogens is 174 g/mol. The molecule has 0 amide bonds. The molecule has 1 aromatic rings. The number of nitriles is 1. The fraction of sp³-hybridized carbons (Fsp3) is 0.455. The largest absolute Gasteiger partial charge is 0.369 e. The summed E-state index contributed by atoms with van der Waals surface area (Å²) in [5.74, 6) is 0.803. The van der Waals surface area contributed by atoms with Crippen molar-refractivity contribution in [3.63, 3.8) is 0 Å². The number of aromatic nitrogens is 1. The van der Waals surface area contributed by atoms with Crippen molar-refractivity contribution in [1.82, 2.24) is 4.98 Å². The second kappa shape index (κ2) is 3.30. The number of rotatable bonds is 3. The molecule has 0 saturated heterocycles. The van der Waals surface area contributed by atoms with Crippen LogP contribution in [0.3, 0.4) is 0 Å². The molecule has 1 fully saturated rings. The maximum Gasteiger partial charge on any atom is 0.127 e. The highest BCUT2D eigenvalue weighted by molar-refractivity contribution is 5.42. The number of pyridine rings is 1. The molecule has 0 unspecified atom stereocenters. The maximum atomic E-state index is 8.70. The fourth-order valence-electron chi connectivity index (χ4n) is 1.29. The van der Waals surface area contributed by atoms with E-state index in [1.54, 1.807) is 18.3 Å². The molecule has 72 valence electrons. The third kappa shape index (κ3) is 2.02. The molecule has 1 heterocycles. The standard InChI is InChI=1S/C11H13N3/c1-11(3-4-11)8-14-10-6-9(7-12)2-5-13-10/h2,5-6H,3-4,8H2,1H3,(H,13,14). The third-order valence-electron chi connectivity index (χ3n) is 2.69. The van der Waals surface area contributed by atoms with E-state index in [2.05, 4.69) is 23.3 Å². The van der Waals surface area contributed by atoms with Gasteiger partial charge in [-0.3, -0.25) is 0 Å². The van der Waals surface area contributed by atoms with Crippen molar-refractivity contribution >= 4 is 5.82 Å². The van der Waals surface area contributed by atoms with E-state index in [-0.39, 0.29) is 0 Å². The van der Waals surface area contributed by atoms with Gasteiger partial charge in [0.2, 0.25) is 0 Å². The zero-order valence-electron chi connectivity index (χ0n) is 8.25. The first-order chi connectivity index (χ1) is 6.72. The average Bonchev–Trinajstić information content (AvgIpc) is 2.95. The Morgan fingerprint density at radius 3 is 3.07 bits per heavy atom. The molecule has 0 bridgehead atoms. The smallest absolute Gasteiger partial charge is 0.127 e. The van der Waals surface area contributed by atoms with E-state index in [1.807, 2.05) is 0 Å². The minimum atomic E-state index is 0.463. The van der Waals surface area contributed by atoms with Crippen LogP contribution < -0.4 is 5.32 Å². The molecule has 1 saturated carbocycles. The van der Waals surface area contributed by atoms with E-state index in [0.717, 1.165) is 12.4 Å². The minimum Gasteiger partial charge on any atom is -0.369 e. The zero-order valence-corrected chi connectivity index (χ0v) is 8.25. The van der Waals surface area contributed by atoms with Gasteiger partial charge in [0.15, 0.2) is 0 Å². The van der Waals surface area contributed by atoms with Crippen molar-refractivity contribution in [2.75, 3.05) is 11.9 Å². The Morgan fingerprint density at radius 1 is 1.64 bits per heavy atom. The molecule has 2 rings (SSSR count). The predicted molar refractivity (Wildman–Crippen MR) is 54.8 cm³/mol. The van der Waals surface area contributed by atoms with Crippen molar-refractivity contribution < 1.29 is 0 Å². The van der Waals surface area contributed by atoms with Crippen LogP contribution in [0.25, 0.3) is 0 Å². The Labute approximate surface area is 83.8 Å². The number of hydrogen-bond acceptors (Lipinski definition) is 3. The molecule has 1 N–H and O–H groups in total. The van der Waals surface area contributed by atoms with Crippen LogP contribution in [-0.2, 0) is 0 Å². The Balaban J connectivity index is 1.99. The van der Waals surface area contributed by atoms with Crippen LogP contribution in [0.1, 0.15) is 25.3 Å². The minimum absolute atomic E-state index is 0.463. The topological polar surface area (TPSA) is 48.7 Å². The molecule has 0 aromatic carbocycles. The molecule has 3 heteroatoms. The number of nitrogens with zero attached hydrogens (tertiary/aromatic N) is 2. The highest BCUT2D eigenvalue weighted by Crippen LogP contribution is 2.44. The molecule has 3 nitrogen and oxygen atoms in total. The van der Waals surface area contributed by atoms with Crippen LogP contribution in [0, 0.1) is 16.7 Å². The lowest BCUT2D eigenvalue weighted by molar-refractivity contribution is 0.609. The summed E-state index contributed by atoms with van der Waals surface area (Å²) < 4.78 is 0. The van der Waals surface area contributed by atoms with Gasteiger partial charge in [0.05, 0.1) is 11.6 Å². The summed E-state index contributed by atoms with van der Waals surface area (Å²) in [7, 11) is 0. The molecule has 0 aliphatic heterocycles. The average molecular weight is 187 g/mol. The van der Waals surface area contributed by atoms with Gasteiger partial charge in [-0.1, -0.05) is 6.92 Å². The number of nitrogens with one attached hydrogen (secondary N) is 1. The summed E-state index contributed by atoms with van der Waals surface area (Å²) in [6.07, 6.45) is 4.24. The van der Waals surface area contributed by atoms with Crippen molar-refractivity contribution in [1.29, 1.82) is 5.26 Å². The molecule has 0 radical (unpaired) electrons. The quantitative estimate of drug-likeness (QED) is 0.788. The van der Waals surface area contributed by atoms with Gasteiger partial charge >= 0.3 is 0 Å². The molecule has 1 aliphatic carbocycles. The first-order valence-electron chi connectivity index (χ1n) is 4.82. The molecule has 0 atom stereocenters. The Bertz CT molecular complexity index is 374. The van der Waals surface area contributed by atoms with Gasteiger partial charge in [-0.25, -0.2) is 4.98 Å². The molecular formula is C11H13N3. The molecule has 1 aromatic heterocycles. The maximum absolute atomic E-state index is 8.70. The van der Waals surface area contributed by atoms with Gasteiger partial charge in [0.1, 0.15) is 5.82 Å². The van der Waals surface area contributed by atoms with E-state index in [1.165, 1.54) is 12.8 Å². The third-order valence-corrected chi connectivity index (χ3v) is 2.69. The van der Waals surface area contributed by atoms with Crippen molar-refractivity contribution in [2.24, 2.45) is 5.41 Å². The molecule has 0 spiro atoms. The second-order valence-electron chi connectivity index (χ2n) is 4.21. The van der Waals surface area contributed by atoms with E-state index in [0.29, 0.717) is 11.0 Å². The van der Waals surface area contributed by atoms with Gasteiger partial charge < -0.3 is 5.32 Å². The van der Waals surface area contributed by atoms with Crippen LogP contribution in [0.15, 0.2) is 18.3 Å². The van der Waals surface area contributed by atoms with E-state index in [9.17, 15) is 0 Å². The lowest BCUT2D eigenvalue weighted by atomic mass is 10.1. The van der Waals surface area contributed by atoms with E-state index < -0.39 is 0 Å². The predicted octanol–water partition coefficient (Wildman–Crippen LogP) is 2.17. The SMILES string of the molecule is CC1(CNc2cc(C#N)ccn2)CC1. The van der Waals surface area contributed by atoms with Crippen LogP contribution in [0.5, 0.6) is 0 Å². The van der Waals surface area contributed by atoms with E-state index >= 15 is 0 Å². The van der Waals surface area contributed by atoms with Crippen molar-refractivity contribution in [3.8, 4) is 6.07 Å². The monoisotopic (exact) mass is 187 g/mol. The summed E-state index contributed by atoms with van der Waals surface area (Å²) in [6.45, 7) is 3.21. The van der Waals surface area contributed by atoms with Gasteiger partial charge in [-0.2, -0.15) is 5.26 Å². The number of hydrogen-bond donors (Lipinski definition) is 1. The molecule has 1 aliphatic rings. The summed E-state index contributed by atoms with van der Waals surface area (Å²) in [5.41, 5.74) is 1.12. The summed E-state index contributed by atoms with van der Waals surface area (Å²) in [4.78, 5) is 4.16. The summed E-state index contributed by atoms with van der Waals surface area (Å²) in [6, 6.07) is 5.60. The lowest BCUT2D eigenvalue weighted by Gasteiger charge is -2.10. The summed E-state index contributed by atoms with van der Waals surface area (Å²) in [5, 5.41) is 12.0. The van der Waals surface area contributed by atoms with Crippen molar-refractivity contribution in [2.45, 2.75) is 19.8 Å². The first kappa shape index (κ1) is 9.01. The normalized spacial score (nSPS) is 17.1. The van der Waals surface area contributed by atoms with E-state index in [4.69, 9.17) is 5.26 Å². The van der Waals surface area contributed by atoms with Gasteiger partial charge in [0, 0.05) is 12.7 Å². The first-order valence-corrected chi connectivity index (χ1v) is 4.82. The van der Waals surface area contributed by atoms with Gasteiger partial charge in [-0.15, -0.1) is 0 Å². The van der Waals surface area contributed by atoms with Crippen LogP contribution in [0.4, 0.5) is 5.82 Å². The van der Waals surface area contributed by atoms with Crippen LogP contribution in [-0.4, -0.2) is 11.5 Å². The second-order valence-corrected chi connectivity index (χ2v) is 4.21. The zero-order chi connectivity index (χ0) is 10.0. The highest BCUT2D eigenvalue weighted by Gasteiger charge is 2.36. The van der Waals surface area contributed by atoms with Gasteiger partial charge in [-0.05, 0) is 30.4 Å². The Hall–Kier alpha value is -1.56.